The number of nitrogens with one attached hydrogen (secondary N) is 1. The summed E-state index contributed by atoms with van der Waals surface area (Å²) in [4.78, 5) is 19.5. The highest BCUT2D eigenvalue weighted by Crippen LogP contribution is 2.38. The highest BCUT2D eigenvalue weighted by atomic mass is 16.6. The van der Waals surface area contributed by atoms with E-state index in [0.29, 0.717) is 42.5 Å². The van der Waals surface area contributed by atoms with Crippen LogP contribution in [-0.4, -0.2) is 34.4 Å². The SMILES string of the molecule is [C-]#[N+]c1cc2c3c(c1)nc(N)n3[C@@H](CCNC(=O)OC(C)(C)C)CO2. The molecule has 0 saturated heterocycles. The number of alkyl carbamates (subject to hydrolysis) is 1. The molecule has 1 aliphatic rings. The van der Waals surface area contributed by atoms with E-state index in [2.05, 4.69) is 15.1 Å². The summed E-state index contributed by atoms with van der Waals surface area (Å²) in [6.45, 7) is 13.4. The summed E-state index contributed by atoms with van der Waals surface area (Å²) >= 11 is 0. The second-order valence-electron chi connectivity index (χ2n) is 6.95. The van der Waals surface area contributed by atoms with Gasteiger partial charge in [0.25, 0.3) is 0 Å². The molecular weight excluding hydrogens is 322 g/mol. The number of amides is 1. The number of benzene rings is 1. The smallest absolute Gasteiger partial charge is 0.407 e. The van der Waals surface area contributed by atoms with Crippen molar-refractivity contribution in [2.45, 2.75) is 38.8 Å². The van der Waals surface area contributed by atoms with Crippen molar-refractivity contribution in [2.24, 2.45) is 0 Å². The van der Waals surface area contributed by atoms with Crippen LogP contribution in [0.3, 0.4) is 0 Å². The average molecular weight is 343 g/mol. The molecule has 1 aliphatic heterocycles. The molecule has 8 nitrogen and oxygen atoms in total. The van der Waals surface area contributed by atoms with E-state index in [1.54, 1.807) is 12.1 Å². The summed E-state index contributed by atoms with van der Waals surface area (Å²) < 4.78 is 12.9. The van der Waals surface area contributed by atoms with Gasteiger partial charge in [0.1, 0.15) is 23.5 Å². The number of nitrogens with two attached hydrogens (primary N) is 1. The molecule has 0 saturated carbocycles. The van der Waals surface area contributed by atoms with Gasteiger partial charge in [0, 0.05) is 6.54 Å². The van der Waals surface area contributed by atoms with E-state index in [4.69, 9.17) is 21.8 Å². The van der Waals surface area contributed by atoms with E-state index >= 15 is 0 Å². The molecular formula is C17H21N5O3. The van der Waals surface area contributed by atoms with Crippen LogP contribution in [0.2, 0.25) is 0 Å². The minimum Gasteiger partial charge on any atom is -0.490 e. The van der Waals surface area contributed by atoms with Crippen LogP contribution in [0.4, 0.5) is 16.4 Å². The first-order valence-electron chi connectivity index (χ1n) is 8.07. The molecule has 0 aliphatic carbocycles. The van der Waals surface area contributed by atoms with Crippen molar-refractivity contribution < 1.29 is 14.3 Å². The van der Waals surface area contributed by atoms with Crippen LogP contribution in [0.25, 0.3) is 15.9 Å². The van der Waals surface area contributed by atoms with Gasteiger partial charge in [-0.3, -0.25) is 0 Å². The van der Waals surface area contributed by atoms with Gasteiger partial charge >= 0.3 is 6.09 Å². The maximum Gasteiger partial charge on any atom is 0.407 e. The van der Waals surface area contributed by atoms with Crippen LogP contribution in [0, 0.1) is 6.57 Å². The van der Waals surface area contributed by atoms with E-state index in [9.17, 15) is 4.79 Å². The number of anilines is 1. The number of aromatic nitrogens is 2. The normalized spacial score (nSPS) is 16.2. The summed E-state index contributed by atoms with van der Waals surface area (Å²) in [6.07, 6.45) is 0.175. The average Bonchev–Trinajstić information content (AvgIpc) is 2.85. The van der Waals surface area contributed by atoms with E-state index in [1.807, 2.05) is 25.3 Å². The summed E-state index contributed by atoms with van der Waals surface area (Å²) in [6, 6.07) is 3.34. The number of rotatable bonds is 3. The van der Waals surface area contributed by atoms with E-state index in [-0.39, 0.29) is 6.04 Å². The van der Waals surface area contributed by atoms with Gasteiger partial charge in [-0.05, 0) is 39.3 Å². The molecule has 3 N–H and O–H groups in total. The lowest BCUT2D eigenvalue weighted by Crippen LogP contribution is -2.34. The Morgan fingerprint density at radius 3 is 3.00 bits per heavy atom. The van der Waals surface area contributed by atoms with E-state index < -0.39 is 11.7 Å². The predicted molar refractivity (Wildman–Crippen MR) is 93.8 cm³/mol. The Kier molecular flexibility index (Phi) is 4.17. The quantitative estimate of drug-likeness (QED) is 0.835. The molecule has 0 spiro atoms. The van der Waals surface area contributed by atoms with Gasteiger partial charge in [-0.1, -0.05) is 0 Å². The molecule has 0 radical (unpaired) electrons. The standard InChI is InChI=1S/C17H21N5O3/c1-17(2,3)25-16(23)20-6-5-11-9-24-13-8-10(19-4)7-12-14(13)22(11)15(18)21-12/h7-8,11H,5-6,9H2,1-3H3,(H2,18,21)(H,20,23)/t11-/m0/s1. The Bertz CT molecular complexity index is 860. The van der Waals surface area contributed by atoms with Crippen molar-refractivity contribution in [2.75, 3.05) is 18.9 Å². The topological polar surface area (TPSA) is 95.8 Å². The fourth-order valence-electron chi connectivity index (χ4n) is 2.87. The van der Waals surface area contributed by atoms with Crippen molar-refractivity contribution in [1.29, 1.82) is 0 Å². The van der Waals surface area contributed by atoms with Crippen molar-refractivity contribution in [3.05, 3.63) is 23.5 Å². The molecule has 1 amide bonds. The summed E-state index contributed by atoms with van der Waals surface area (Å²) in [5.41, 5.74) is 7.44. The molecule has 2 aromatic rings. The predicted octanol–water partition coefficient (Wildman–Crippen LogP) is 3.02. The molecule has 1 aromatic carbocycles. The first-order valence-corrected chi connectivity index (χ1v) is 8.07. The summed E-state index contributed by atoms with van der Waals surface area (Å²) in [7, 11) is 0. The fraction of sp³-hybridized carbons (Fsp3) is 0.471. The van der Waals surface area contributed by atoms with Gasteiger partial charge in [-0.25, -0.2) is 14.6 Å². The van der Waals surface area contributed by atoms with Gasteiger partial charge in [-0.2, -0.15) is 0 Å². The Morgan fingerprint density at radius 2 is 2.32 bits per heavy atom. The van der Waals surface area contributed by atoms with E-state index in [1.165, 1.54) is 0 Å². The second-order valence-corrected chi connectivity index (χ2v) is 6.95. The number of nitrogen functional groups attached to an aromatic ring is 1. The number of hydrogen-bond donors (Lipinski definition) is 2. The monoisotopic (exact) mass is 343 g/mol. The number of carbonyl (C=O) groups excluding carboxylic acids is 1. The Labute approximate surface area is 145 Å². The zero-order valence-electron chi connectivity index (χ0n) is 14.5. The lowest BCUT2D eigenvalue weighted by molar-refractivity contribution is 0.0523. The van der Waals surface area contributed by atoms with Gasteiger partial charge in [-0.15, -0.1) is 0 Å². The van der Waals surface area contributed by atoms with Gasteiger partial charge in [0.2, 0.25) is 5.95 Å². The highest BCUT2D eigenvalue weighted by Gasteiger charge is 2.26. The Balaban J connectivity index is 1.74. The number of ether oxygens (including phenoxy) is 2. The molecule has 132 valence electrons. The molecule has 0 unspecified atom stereocenters. The van der Waals surface area contributed by atoms with Crippen molar-refractivity contribution in [3.8, 4) is 5.75 Å². The summed E-state index contributed by atoms with van der Waals surface area (Å²) in [5, 5.41) is 2.74. The Morgan fingerprint density at radius 1 is 1.56 bits per heavy atom. The van der Waals surface area contributed by atoms with Crippen LogP contribution < -0.4 is 15.8 Å². The lowest BCUT2D eigenvalue weighted by Gasteiger charge is -2.27. The molecule has 2 heterocycles. The third-order valence-electron chi connectivity index (χ3n) is 3.83. The van der Waals surface area contributed by atoms with Crippen LogP contribution in [0.15, 0.2) is 12.1 Å². The molecule has 0 bridgehead atoms. The van der Waals surface area contributed by atoms with Crippen molar-refractivity contribution in [1.82, 2.24) is 14.9 Å². The summed E-state index contributed by atoms with van der Waals surface area (Å²) in [5.74, 6) is 0.994. The fourth-order valence-corrected chi connectivity index (χ4v) is 2.87. The molecule has 1 aromatic heterocycles. The van der Waals surface area contributed by atoms with Crippen molar-refractivity contribution >= 4 is 28.8 Å². The number of nitrogens with zero attached hydrogens (tertiary/aromatic N) is 3. The zero-order valence-corrected chi connectivity index (χ0v) is 14.5. The number of carbonyl (C=O) groups is 1. The second kappa shape index (κ2) is 6.16. The van der Waals surface area contributed by atoms with Crippen LogP contribution >= 0.6 is 0 Å². The molecule has 25 heavy (non-hydrogen) atoms. The molecule has 3 rings (SSSR count). The lowest BCUT2D eigenvalue weighted by atomic mass is 10.1. The highest BCUT2D eigenvalue weighted by molar-refractivity contribution is 5.89. The maximum absolute atomic E-state index is 11.7. The molecule has 8 heteroatoms. The first-order chi connectivity index (χ1) is 11.8. The van der Waals surface area contributed by atoms with Crippen LogP contribution in [-0.2, 0) is 4.74 Å². The maximum atomic E-state index is 11.7. The minimum atomic E-state index is -0.529. The molecule has 0 fully saturated rings. The van der Waals surface area contributed by atoms with E-state index in [0.717, 1.165) is 5.52 Å². The van der Waals surface area contributed by atoms with Crippen LogP contribution in [0.1, 0.15) is 33.2 Å². The van der Waals surface area contributed by atoms with Gasteiger partial charge in [0.05, 0.1) is 18.1 Å². The first kappa shape index (κ1) is 16.9. The number of imidazole rings is 1. The largest absolute Gasteiger partial charge is 0.490 e. The van der Waals surface area contributed by atoms with Crippen LogP contribution in [0.5, 0.6) is 5.75 Å². The zero-order chi connectivity index (χ0) is 18.2. The number of hydrogen-bond acceptors (Lipinski definition) is 5. The molecule has 1 atom stereocenters. The minimum absolute atomic E-state index is 0.0498. The third-order valence-corrected chi connectivity index (χ3v) is 3.83. The van der Waals surface area contributed by atoms with Crippen molar-refractivity contribution in [3.63, 3.8) is 0 Å². The van der Waals surface area contributed by atoms with Gasteiger partial charge in [0.15, 0.2) is 5.69 Å². The van der Waals surface area contributed by atoms with Gasteiger partial charge < -0.3 is 25.1 Å². The Hall–Kier alpha value is -2.95. The third kappa shape index (κ3) is 3.45.